The van der Waals surface area contributed by atoms with E-state index in [1.54, 1.807) is 12.3 Å². The molecule has 0 saturated carbocycles. The molecule has 0 fully saturated rings. The number of anilines is 1. The van der Waals surface area contributed by atoms with Crippen molar-refractivity contribution in [3.05, 3.63) is 12.3 Å². The summed E-state index contributed by atoms with van der Waals surface area (Å²) in [6.45, 7) is 4.06. The van der Waals surface area contributed by atoms with Crippen molar-refractivity contribution in [2.24, 2.45) is 11.7 Å². The van der Waals surface area contributed by atoms with Gasteiger partial charge in [0.05, 0.1) is 12.2 Å². The molecule has 0 radical (unpaired) electrons. The fraction of sp³-hybridized carbons (Fsp3) is 0.556. The number of aromatic nitrogens is 2. The van der Waals surface area contributed by atoms with E-state index >= 15 is 0 Å². The van der Waals surface area contributed by atoms with Crippen LogP contribution in [-0.4, -0.2) is 22.1 Å². The number of nitrogens with two attached hydrogens (primary N) is 1. The average Bonchev–Trinajstić information content (AvgIpc) is 2.55. The highest BCUT2D eigenvalue weighted by atomic mass is 16.2. The largest absolute Gasteiger partial charge is 0.320 e. The van der Waals surface area contributed by atoms with Gasteiger partial charge in [-0.1, -0.05) is 13.8 Å². The molecule has 0 bridgehead atoms. The van der Waals surface area contributed by atoms with Crippen molar-refractivity contribution in [2.75, 3.05) is 5.32 Å². The molecule has 0 saturated heterocycles. The predicted molar refractivity (Wildman–Crippen MR) is 54.6 cm³/mol. The molecule has 78 valence electrons. The summed E-state index contributed by atoms with van der Waals surface area (Å²) >= 11 is 0. The molecule has 0 spiro atoms. The van der Waals surface area contributed by atoms with Gasteiger partial charge >= 0.3 is 0 Å². The number of amides is 1. The molecular formula is C9H16N4O. The lowest BCUT2D eigenvalue weighted by molar-refractivity contribution is -0.117. The molecule has 0 aliphatic heterocycles. The van der Waals surface area contributed by atoms with Gasteiger partial charge in [-0.25, -0.2) is 0 Å². The highest BCUT2D eigenvalue weighted by Gasteiger charge is 2.15. The maximum atomic E-state index is 11.5. The average molecular weight is 196 g/mol. The van der Waals surface area contributed by atoms with Gasteiger partial charge in [0, 0.05) is 6.07 Å². The quantitative estimate of drug-likeness (QED) is 0.663. The molecule has 5 heteroatoms. The SMILES string of the molecule is CC(C)CC(N)C(=O)Nc1ccn[nH]1. The molecule has 0 aromatic carbocycles. The summed E-state index contributed by atoms with van der Waals surface area (Å²) in [5.41, 5.74) is 5.69. The number of hydrogen-bond acceptors (Lipinski definition) is 3. The first-order valence-electron chi connectivity index (χ1n) is 4.65. The maximum Gasteiger partial charge on any atom is 0.242 e. The van der Waals surface area contributed by atoms with Crippen LogP contribution in [0.25, 0.3) is 0 Å². The van der Waals surface area contributed by atoms with E-state index in [9.17, 15) is 4.79 Å². The summed E-state index contributed by atoms with van der Waals surface area (Å²) in [6, 6.07) is 1.22. The molecular weight excluding hydrogens is 180 g/mol. The van der Waals surface area contributed by atoms with Crippen molar-refractivity contribution >= 4 is 11.7 Å². The van der Waals surface area contributed by atoms with Gasteiger partial charge in [0.2, 0.25) is 5.91 Å². The van der Waals surface area contributed by atoms with Gasteiger partial charge < -0.3 is 11.1 Å². The topological polar surface area (TPSA) is 83.8 Å². The summed E-state index contributed by atoms with van der Waals surface area (Å²) < 4.78 is 0. The van der Waals surface area contributed by atoms with E-state index in [-0.39, 0.29) is 5.91 Å². The lowest BCUT2D eigenvalue weighted by atomic mass is 10.0. The molecule has 1 rings (SSSR count). The second-order valence-electron chi connectivity index (χ2n) is 3.70. The Morgan fingerprint density at radius 3 is 2.93 bits per heavy atom. The number of hydrogen-bond donors (Lipinski definition) is 3. The second-order valence-corrected chi connectivity index (χ2v) is 3.70. The van der Waals surface area contributed by atoms with Gasteiger partial charge in [0.15, 0.2) is 0 Å². The predicted octanol–water partition coefficient (Wildman–Crippen LogP) is 0.722. The van der Waals surface area contributed by atoms with Crippen molar-refractivity contribution in [1.29, 1.82) is 0 Å². The zero-order valence-electron chi connectivity index (χ0n) is 8.45. The summed E-state index contributed by atoms with van der Waals surface area (Å²) in [6.07, 6.45) is 2.25. The molecule has 1 amide bonds. The van der Waals surface area contributed by atoms with Crippen LogP contribution in [0.4, 0.5) is 5.82 Å². The highest BCUT2D eigenvalue weighted by Crippen LogP contribution is 2.05. The number of aromatic amines is 1. The zero-order valence-corrected chi connectivity index (χ0v) is 8.45. The third-order valence-electron chi connectivity index (χ3n) is 1.82. The van der Waals surface area contributed by atoms with Crippen LogP contribution in [-0.2, 0) is 4.79 Å². The first kappa shape index (κ1) is 10.7. The van der Waals surface area contributed by atoms with Gasteiger partial charge in [-0.2, -0.15) is 5.10 Å². The minimum absolute atomic E-state index is 0.178. The van der Waals surface area contributed by atoms with Crippen molar-refractivity contribution in [2.45, 2.75) is 26.3 Å². The normalized spacial score (nSPS) is 12.9. The molecule has 1 aromatic rings. The van der Waals surface area contributed by atoms with Gasteiger partial charge in [0.1, 0.15) is 5.82 Å². The van der Waals surface area contributed by atoms with Gasteiger partial charge in [-0.15, -0.1) is 0 Å². The van der Waals surface area contributed by atoms with E-state index < -0.39 is 6.04 Å². The number of H-pyrrole nitrogens is 1. The van der Waals surface area contributed by atoms with E-state index in [0.717, 1.165) is 0 Å². The van der Waals surface area contributed by atoms with Gasteiger partial charge in [-0.05, 0) is 12.3 Å². The number of carbonyl (C=O) groups excluding carboxylic acids is 1. The second kappa shape index (κ2) is 4.76. The van der Waals surface area contributed by atoms with E-state index in [1.165, 1.54) is 0 Å². The van der Waals surface area contributed by atoms with E-state index in [0.29, 0.717) is 18.2 Å². The Bertz CT molecular complexity index is 281. The Balaban J connectivity index is 2.42. The number of carbonyl (C=O) groups is 1. The summed E-state index contributed by atoms with van der Waals surface area (Å²) in [5.74, 6) is 0.815. The third kappa shape index (κ3) is 3.18. The Hall–Kier alpha value is -1.36. The van der Waals surface area contributed by atoms with Crippen LogP contribution >= 0.6 is 0 Å². The first-order valence-corrected chi connectivity index (χ1v) is 4.65. The smallest absolute Gasteiger partial charge is 0.242 e. The lowest BCUT2D eigenvalue weighted by Gasteiger charge is -2.12. The monoisotopic (exact) mass is 196 g/mol. The van der Waals surface area contributed by atoms with Crippen molar-refractivity contribution in [1.82, 2.24) is 10.2 Å². The van der Waals surface area contributed by atoms with Crippen molar-refractivity contribution < 1.29 is 4.79 Å². The summed E-state index contributed by atoms with van der Waals surface area (Å²) in [4.78, 5) is 11.5. The van der Waals surface area contributed by atoms with E-state index in [2.05, 4.69) is 15.5 Å². The third-order valence-corrected chi connectivity index (χ3v) is 1.82. The van der Waals surface area contributed by atoms with Crippen LogP contribution in [0.2, 0.25) is 0 Å². The van der Waals surface area contributed by atoms with Gasteiger partial charge in [-0.3, -0.25) is 9.89 Å². The van der Waals surface area contributed by atoms with E-state index in [1.807, 2.05) is 13.8 Å². The van der Waals surface area contributed by atoms with Crippen LogP contribution < -0.4 is 11.1 Å². The molecule has 0 aliphatic rings. The summed E-state index contributed by atoms with van der Waals surface area (Å²) in [7, 11) is 0. The highest BCUT2D eigenvalue weighted by molar-refractivity contribution is 5.93. The lowest BCUT2D eigenvalue weighted by Crippen LogP contribution is -2.36. The van der Waals surface area contributed by atoms with Crippen molar-refractivity contribution in [3.8, 4) is 0 Å². The van der Waals surface area contributed by atoms with Crippen LogP contribution in [0.1, 0.15) is 20.3 Å². The fourth-order valence-corrected chi connectivity index (χ4v) is 1.17. The minimum Gasteiger partial charge on any atom is -0.320 e. The Morgan fingerprint density at radius 1 is 1.71 bits per heavy atom. The summed E-state index contributed by atoms with van der Waals surface area (Å²) in [5, 5.41) is 9.00. The Labute approximate surface area is 83.1 Å². The molecule has 1 heterocycles. The first-order chi connectivity index (χ1) is 6.59. The van der Waals surface area contributed by atoms with E-state index in [4.69, 9.17) is 5.73 Å². The van der Waals surface area contributed by atoms with Gasteiger partial charge in [0.25, 0.3) is 0 Å². The molecule has 1 unspecified atom stereocenters. The molecule has 14 heavy (non-hydrogen) atoms. The molecule has 1 aromatic heterocycles. The Kier molecular flexibility index (Phi) is 3.64. The maximum absolute atomic E-state index is 11.5. The molecule has 4 N–H and O–H groups in total. The number of rotatable bonds is 4. The Morgan fingerprint density at radius 2 is 2.43 bits per heavy atom. The van der Waals surface area contributed by atoms with Crippen molar-refractivity contribution in [3.63, 3.8) is 0 Å². The zero-order chi connectivity index (χ0) is 10.6. The molecule has 1 atom stereocenters. The minimum atomic E-state index is -0.460. The standard InChI is InChI=1S/C9H16N4O/c1-6(2)5-7(10)9(14)12-8-3-4-11-13-8/h3-4,6-7H,5,10H2,1-2H3,(H2,11,12,13,14). The number of nitrogens with zero attached hydrogens (tertiary/aromatic N) is 1. The fourth-order valence-electron chi connectivity index (χ4n) is 1.17. The van der Waals surface area contributed by atoms with Crippen LogP contribution in [0.5, 0.6) is 0 Å². The molecule has 5 nitrogen and oxygen atoms in total. The van der Waals surface area contributed by atoms with Crippen LogP contribution in [0.3, 0.4) is 0 Å². The van der Waals surface area contributed by atoms with Crippen LogP contribution in [0, 0.1) is 5.92 Å². The van der Waals surface area contributed by atoms with Crippen LogP contribution in [0.15, 0.2) is 12.3 Å². The number of nitrogens with one attached hydrogen (secondary N) is 2. The molecule has 0 aliphatic carbocycles.